The topological polar surface area (TPSA) is 89.9 Å². The Balaban J connectivity index is 2.44. The summed E-state index contributed by atoms with van der Waals surface area (Å²) >= 11 is 0. The summed E-state index contributed by atoms with van der Waals surface area (Å²) in [7, 11) is 2.62. The number of carboxylic acid groups (broad SMARTS) is 1. The van der Waals surface area contributed by atoms with Gasteiger partial charge in [0.05, 0.1) is 14.2 Å². The number of ketones is 2. The second-order valence-electron chi connectivity index (χ2n) is 5.38. The van der Waals surface area contributed by atoms with Gasteiger partial charge in [-0.2, -0.15) is 0 Å². The fourth-order valence-electron chi connectivity index (χ4n) is 2.61. The van der Waals surface area contributed by atoms with Crippen LogP contribution in [0.5, 0.6) is 0 Å². The number of carboxylic acids is 1. The third-order valence-corrected chi connectivity index (χ3v) is 3.92. The van der Waals surface area contributed by atoms with Crippen molar-refractivity contribution in [2.45, 2.75) is 13.3 Å². The maximum absolute atomic E-state index is 12.7. The van der Waals surface area contributed by atoms with Gasteiger partial charge >= 0.3 is 5.97 Å². The number of aliphatic carboxylic acids is 1. The summed E-state index contributed by atoms with van der Waals surface area (Å²) in [6.07, 6.45) is 2.66. The first-order valence-electron chi connectivity index (χ1n) is 7.51. The van der Waals surface area contributed by atoms with Crippen LogP contribution in [-0.4, -0.2) is 36.9 Å². The van der Waals surface area contributed by atoms with Crippen molar-refractivity contribution in [3.8, 4) is 0 Å². The molecule has 2 rings (SSSR count). The Kier molecular flexibility index (Phi) is 5.54. The number of benzene rings is 1. The number of allylic oxidation sites excluding steroid dienone is 2. The van der Waals surface area contributed by atoms with E-state index in [1.54, 1.807) is 31.2 Å². The number of rotatable bonds is 6. The van der Waals surface area contributed by atoms with Crippen LogP contribution in [0.25, 0.3) is 6.08 Å². The van der Waals surface area contributed by atoms with Crippen molar-refractivity contribution in [1.82, 2.24) is 0 Å². The zero-order chi connectivity index (χ0) is 18.6. The molecule has 0 saturated heterocycles. The molecular formula is C19H18O6. The van der Waals surface area contributed by atoms with Crippen LogP contribution in [0.15, 0.2) is 53.0 Å². The van der Waals surface area contributed by atoms with Gasteiger partial charge in [-0.3, -0.25) is 9.59 Å². The molecule has 0 heterocycles. The van der Waals surface area contributed by atoms with Gasteiger partial charge in [-0.25, -0.2) is 4.79 Å². The van der Waals surface area contributed by atoms with Gasteiger partial charge in [0.1, 0.15) is 0 Å². The average molecular weight is 342 g/mol. The van der Waals surface area contributed by atoms with Crippen molar-refractivity contribution in [2.75, 3.05) is 14.2 Å². The van der Waals surface area contributed by atoms with Crippen molar-refractivity contribution in [2.24, 2.45) is 0 Å². The fraction of sp³-hybridized carbons (Fsp3) is 0.211. The Hall–Kier alpha value is -3.15. The van der Waals surface area contributed by atoms with Gasteiger partial charge in [0.15, 0.2) is 0 Å². The lowest BCUT2D eigenvalue weighted by molar-refractivity contribution is -0.131. The Bertz CT molecular complexity index is 826. The van der Waals surface area contributed by atoms with Crippen LogP contribution in [0.2, 0.25) is 0 Å². The highest BCUT2D eigenvalue weighted by Crippen LogP contribution is 2.28. The molecule has 1 aliphatic carbocycles. The van der Waals surface area contributed by atoms with E-state index >= 15 is 0 Å². The van der Waals surface area contributed by atoms with Crippen molar-refractivity contribution < 1.29 is 29.0 Å². The molecule has 0 fully saturated rings. The van der Waals surface area contributed by atoms with E-state index in [0.29, 0.717) is 16.7 Å². The molecule has 0 aromatic heterocycles. The lowest BCUT2D eigenvalue weighted by Gasteiger charge is -2.20. The Morgan fingerprint density at radius 2 is 1.68 bits per heavy atom. The number of carbonyl (C=O) groups excluding carboxylic acids is 2. The monoisotopic (exact) mass is 342 g/mol. The molecule has 6 nitrogen and oxygen atoms in total. The molecule has 0 spiro atoms. The largest absolute Gasteiger partial charge is 0.489 e. The predicted octanol–water partition coefficient (Wildman–Crippen LogP) is 2.30. The fourth-order valence-corrected chi connectivity index (χ4v) is 2.61. The van der Waals surface area contributed by atoms with Gasteiger partial charge in [-0.1, -0.05) is 24.3 Å². The standard InChI is InChI=1S/C19H18O6/c1-11-14(17(23)19(25-3)18(24-2)16(11)22)10-13-7-5-4-6-12(13)8-9-15(20)21/h4-9H,10H2,1-3H3,(H,20,21). The van der Waals surface area contributed by atoms with Crippen LogP contribution in [0.1, 0.15) is 18.1 Å². The van der Waals surface area contributed by atoms with E-state index in [0.717, 1.165) is 11.6 Å². The summed E-state index contributed by atoms with van der Waals surface area (Å²) in [6.45, 7) is 1.57. The molecule has 130 valence electrons. The zero-order valence-electron chi connectivity index (χ0n) is 14.2. The number of methoxy groups -OCH3 is 2. The van der Waals surface area contributed by atoms with Gasteiger partial charge in [-0.15, -0.1) is 0 Å². The summed E-state index contributed by atoms with van der Waals surface area (Å²) in [4.78, 5) is 35.8. The average Bonchev–Trinajstić information content (AvgIpc) is 2.60. The maximum atomic E-state index is 12.7. The second-order valence-corrected chi connectivity index (χ2v) is 5.38. The SMILES string of the molecule is COC1=C(OC)C(=O)C(Cc2ccccc2C=CC(=O)O)=C(C)C1=O. The molecule has 0 bridgehead atoms. The highest BCUT2D eigenvalue weighted by molar-refractivity contribution is 6.23. The molecule has 1 aliphatic rings. The van der Waals surface area contributed by atoms with E-state index < -0.39 is 17.5 Å². The molecule has 0 radical (unpaired) electrons. The smallest absolute Gasteiger partial charge is 0.328 e. The number of hydrogen-bond donors (Lipinski definition) is 1. The lowest BCUT2D eigenvalue weighted by atomic mass is 9.87. The van der Waals surface area contributed by atoms with Crippen LogP contribution in [0, 0.1) is 0 Å². The molecule has 1 aromatic carbocycles. The van der Waals surface area contributed by atoms with E-state index in [1.807, 2.05) is 0 Å². The van der Waals surface area contributed by atoms with Gasteiger partial charge in [0, 0.05) is 23.6 Å². The highest BCUT2D eigenvalue weighted by Gasteiger charge is 2.34. The van der Waals surface area contributed by atoms with Crippen LogP contribution < -0.4 is 0 Å². The molecule has 0 unspecified atom stereocenters. The van der Waals surface area contributed by atoms with Gasteiger partial charge in [0.2, 0.25) is 23.1 Å². The van der Waals surface area contributed by atoms with E-state index in [9.17, 15) is 14.4 Å². The first-order valence-corrected chi connectivity index (χ1v) is 7.51. The van der Waals surface area contributed by atoms with Crippen LogP contribution in [0.4, 0.5) is 0 Å². The Labute approximate surface area is 145 Å². The molecule has 0 saturated carbocycles. The molecule has 6 heteroatoms. The van der Waals surface area contributed by atoms with E-state index in [2.05, 4.69) is 0 Å². The van der Waals surface area contributed by atoms with Crippen molar-refractivity contribution >= 4 is 23.6 Å². The molecule has 1 N–H and O–H groups in total. The molecule has 0 amide bonds. The number of Topliss-reactive ketones (excluding diaryl/α,β-unsaturated/α-hetero) is 2. The van der Waals surface area contributed by atoms with Crippen molar-refractivity contribution in [1.29, 1.82) is 0 Å². The Morgan fingerprint density at radius 1 is 1.08 bits per heavy atom. The maximum Gasteiger partial charge on any atom is 0.328 e. The van der Waals surface area contributed by atoms with Gasteiger partial charge in [0.25, 0.3) is 0 Å². The summed E-state index contributed by atoms with van der Waals surface area (Å²) in [5, 5.41) is 8.80. The second kappa shape index (κ2) is 7.61. The minimum absolute atomic E-state index is 0.104. The highest BCUT2D eigenvalue weighted by atomic mass is 16.5. The number of carbonyl (C=O) groups is 3. The van der Waals surface area contributed by atoms with Crippen LogP contribution in [0.3, 0.4) is 0 Å². The van der Waals surface area contributed by atoms with Crippen molar-refractivity contribution in [3.63, 3.8) is 0 Å². The summed E-state index contributed by atoms with van der Waals surface area (Å²) in [6, 6.07) is 7.07. The third kappa shape index (κ3) is 3.68. The minimum Gasteiger partial charge on any atom is -0.489 e. The molecular weight excluding hydrogens is 324 g/mol. The van der Waals surface area contributed by atoms with Crippen LogP contribution >= 0.6 is 0 Å². The first-order chi connectivity index (χ1) is 11.9. The van der Waals surface area contributed by atoms with Gasteiger partial charge in [-0.05, 0) is 24.1 Å². The van der Waals surface area contributed by atoms with E-state index in [1.165, 1.54) is 20.3 Å². The normalized spacial score (nSPS) is 15.2. The number of ether oxygens (including phenoxy) is 2. The first kappa shape index (κ1) is 18.2. The summed E-state index contributed by atoms with van der Waals surface area (Å²) in [5.41, 5.74) is 1.98. The Morgan fingerprint density at radius 3 is 2.28 bits per heavy atom. The minimum atomic E-state index is -1.07. The molecule has 25 heavy (non-hydrogen) atoms. The van der Waals surface area contributed by atoms with Gasteiger partial charge < -0.3 is 14.6 Å². The number of hydrogen-bond acceptors (Lipinski definition) is 5. The predicted molar refractivity (Wildman–Crippen MR) is 90.6 cm³/mol. The summed E-state index contributed by atoms with van der Waals surface area (Å²) in [5.74, 6) is -2.09. The molecule has 1 aromatic rings. The zero-order valence-corrected chi connectivity index (χ0v) is 14.2. The third-order valence-electron chi connectivity index (χ3n) is 3.92. The molecule has 0 aliphatic heterocycles. The van der Waals surface area contributed by atoms with Crippen molar-refractivity contribution in [3.05, 3.63) is 64.1 Å². The van der Waals surface area contributed by atoms with Crippen LogP contribution in [-0.2, 0) is 30.3 Å². The lowest BCUT2D eigenvalue weighted by Crippen LogP contribution is -2.26. The molecule has 0 atom stereocenters. The summed E-state index contributed by atoms with van der Waals surface area (Å²) < 4.78 is 10.1. The van der Waals surface area contributed by atoms with E-state index in [-0.39, 0.29) is 17.9 Å². The van der Waals surface area contributed by atoms with E-state index in [4.69, 9.17) is 14.6 Å². The quantitative estimate of drug-likeness (QED) is 0.630.